The van der Waals surface area contributed by atoms with Crippen molar-refractivity contribution in [3.05, 3.63) is 0 Å². The van der Waals surface area contributed by atoms with Crippen LogP contribution < -0.4 is 5.32 Å². The molecule has 0 aromatic carbocycles. The lowest BCUT2D eigenvalue weighted by molar-refractivity contribution is 0.146. The maximum atomic E-state index is 11.6. The summed E-state index contributed by atoms with van der Waals surface area (Å²) in [7, 11) is 0. The molecule has 1 fully saturated rings. The Kier molecular flexibility index (Phi) is 3.37. The molecule has 4 heteroatoms. The summed E-state index contributed by atoms with van der Waals surface area (Å²) in [4.78, 5) is 13.4. The molecular formula is C10H20N2O2. The van der Waals surface area contributed by atoms with Gasteiger partial charge in [-0.05, 0) is 20.3 Å². The summed E-state index contributed by atoms with van der Waals surface area (Å²) in [6.07, 6.45) is 0.884. The number of rotatable bonds is 2. The number of amides is 2. The highest BCUT2D eigenvalue weighted by molar-refractivity contribution is 5.74. The van der Waals surface area contributed by atoms with Crippen LogP contribution in [0.1, 0.15) is 27.2 Å². The molecule has 0 aromatic heterocycles. The average molecular weight is 200 g/mol. The Balaban J connectivity index is 2.46. The number of hydrogen-bond acceptors (Lipinski definition) is 2. The van der Waals surface area contributed by atoms with E-state index in [0.29, 0.717) is 6.54 Å². The molecule has 0 bridgehead atoms. The van der Waals surface area contributed by atoms with Crippen LogP contribution in [0.15, 0.2) is 0 Å². The molecule has 2 amide bonds. The van der Waals surface area contributed by atoms with E-state index in [1.165, 1.54) is 0 Å². The minimum Gasteiger partial charge on any atom is -0.396 e. The maximum absolute atomic E-state index is 11.6. The fraction of sp³-hybridized carbons (Fsp3) is 0.900. The zero-order valence-electron chi connectivity index (χ0n) is 9.21. The largest absolute Gasteiger partial charge is 0.396 e. The summed E-state index contributed by atoms with van der Waals surface area (Å²) >= 11 is 0. The van der Waals surface area contributed by atoms with Crippen molar-refractivity contribution in [2.75, 3.05) is 19.7 Å². The first kappa shape index (κ1) is 11.3. The van der Waals surface area contributed by atoms with E-state index in [9.17, 15) is 4.79 Å². The summed E-state index contributed by atoms with van der Waals surface area (Å²) < 4.78 is 0. The molecule has 82 valence electrons. The summed E-state index contributed by atoms with van der Waals surface area (Å²) in [5.74, 6) is 0. The van der Waals surface area contributed by atoms with E-state index in [2.05, 4.69) is 5.32 Å². The van der Waals surface area contributed by atoms with Crippen LogP contribution in [0.2, 0.25) is 0 Å². The van der Waals surface area contributed by atoms with Crippen molar-refractivity contribution in [2.45, 2.75) is 33.2 Å². The summed E-state index contributed by atoms with van der Waals surface area (Å²) in [6, 6.07) is 0.153. The molecule has 1 saturated heterocycles. The second-order valence-corrected chi connectivity index (χ2v) is 4.74. The number of nitrogens with one attached hydrogen (secondary N) is 1. The minimum atomic E-state index is -0.103. The number of likely N-dealkylation sites (tertiary alicyclic amines) is 1. The Morgan fingerprint density at radius 1 is 1.64 bits per heavy atom. The predicted molar refractivity (Wildman–Crippen MR) is 55.1 cm³/mol. The number of nitrogens with zero attached hydrogens (tertiary/aromatic N) is 1. The third kappa shape index (κ3) is 2.61. The zero-order chi connectivity index (χ0) is 10.8. The lowest BCUT2D eigenvalue weighted by Crippen LogP contribution is -2.42. The van der Waals surface area contributed by atoms with Crippen molar-refractivity contribution < 1.29 is 9.90 Å². The third-order valence-corrected chi connectivity index (χ3v) is 2.64. The lowest BCUT2D eigenvalue weighted by Gasteiger charge is -2.23. The van der Waals surface area contributed by atoms with Gasteiger partial charge < -0.3 is 15.3 Å². The van der Waals surface area contributed by atoms with Gasteiger partial charge in [0.15, 0.2) is 0 Å². The fourth-order valence-corrected chi connectivity index (χ4v) is 1.66. The highest BCUT2D eigenvalue weighted by Crippen LogP contribution is 2.28. The van der Waals surface area contributed by atoms with Gasteiger partial charge in [0.2, 0.25) is 0 Å². The number of urea groups is 1. The topological polar surface area (TPSA) is 52.6 Å². The highest BCUT2D eigenvalue weighted by Gasteiger charge is 2.35. The first-order valence-electron chi connectivity index (χ1n) is 5.13. The van der Waals surface area contributed by atoms with Crippen LogP contribution >= 0.6 is 0 Å². The second-order valence-electron chi connectivity index (χ2n) is 4.74. The fourth-order valence-electron chi connectivity index (χ4n) is 1.66. The van der Waals surface area contributed by atoms with Crippen molar-refractivity contribution in [3.8, 4) is 0 Å². The van der Waals surface area contributed by atoms with Gasteiger partial charge in [-0.2, -0.15) is 0 Å². The van der Waals surface area contributed by atoms with Gasteiger partial charge in [0, 0.05) is 24.5 Å². The summed E-state index contributed by atoms with van der Waals surface area (Å²) in [5, 5.41) is 12.0. The van der Waals surface area contributed by atoms with Crippen molar-refractivity contribution in [3.63, 3.8) is 0 Å². The number of hydrogen-bond donors (Lipinski definition) is 2. The van der Waals surface area contributed by atoms with E-state index < -0.39 is 0 Å². The minimum absolute atomic E-state index is 0.0165. The van der Waals surface area contributed by atoms with Gasteiger partial charge in [-0.25, -0.2) is 4.79 Å². The average Bonchev–Trinajstić information content (AvgIpc) is 2.48. The van der Waals surface area contributed by atoms with Crippen LogP contribution in [0.4, 0.5) is 4.79 Å². The van der Waals surface area contributed by atoms with Gasteiger partial charge in [0.25, 0.3) is 0 Å². The van der Waals surface area contributed by atoms with Gasteiger partial charge in [-0.15, -0.1) is 0 Å². The van der Waals surface area contributed by atoms with E-state index in [-0.39, 0.29) is 24.1 Å². The molecule has 1 rings (SSSR count). The highest BCUT2D eigenvalue weighted by atomic mass is 16.3. The second kappa shape index (κ2) is 4.17. The molecule has 1 aliphatic rings. The van der Waals surface area contributed by atoms with Crippen molar-refractivity contribution in [1.29, 1.82) is 0 Å². The van der Waals surface area contributed by atoms with Gasteiger partial charge >= 0.3 is 6.03 Å². The summed E-state index contributed by atoms with van der Waals surface area (Å²) in [5.41, 5.74) is -0.103. The van der Waals surface area contributed by atoms with Crippen LogP contribution in [0.25, 0.3) is 0 Å². The van der Waals surface area contributed by atoms with E-state index >= 15 is 0 Å². The molecule has 1 unspecified atom stereocenters. The summed E-state index contributed by atoms with van der Waals surface area (Å²) in [6.45, 7) is 7.45. The third-order valence-electron chi connectivity index (χ3n) is 2.64. The SMILES string of the molecule is CC(C)NC(=O)N1CCC(C)(CO)C1. The Bertz CT molecular complexity index is 218. The zero-order valence-corrected chi connectivity index (χ0v) is 9.21. The quantitative estimate of drug-likeness (QED) is 0.693. The molecule has 2 N–H and O–H groups in total. The first-order chi connectivity index (χ1) is 6.47. The van der Waals surface area contributed by atoms with Crippen LogP contribution in [0.5, 0.6) is 0 Å². The van der Waals surface area contributed by atoms with Gasteiger partial charge in [0.1, 0.15) is 0 Å². The Labute approximate surface area is 85.3 Å². The molecule has 4 nitrogen and oxygen atoms in total. The van der Waals surface area contributed by atoms with E-state index in [1.54, 1.807) is 4.90 Å². The molecule has 1 atom stereocenters. The number of aliphatic hydroxyl groups excluding tert-OH is 1. The Morgan fingerprint density at radius 2 is 2.29 bits per heavy atom. The number of carbonyl (C=O) groups excluding carboxylic acids is 1. The number of aliphatic hydroxyl groups is 1. The molecule has 1 aliphatic heterocycles. The number of carbonyl (C=O) groups is 1. The molecule has 0 radical (unpaired) electrons. The van der Waals surface area contributed by atoms with E-state index in [1.807, 2.05) is 20.8 Å². The Morgan fingerprint density at radius 3 is 2.71 bits per heavy atom. The first-order valence-corrected chi connectivity index (χ1v) is 5.13. The van der Waals surface area contributed by atoms with Crippen molar-refractivity contribution in [1.82, 2.24) is 10.2 Å². The normalized spacial score (nSPS) is 27.1. The Hall–Kier alpha value is -0.770. The van der Waals surface area contributed by atoms with Crippen molar-refractivity contribution in [2.24, 2.45) is 5.41 Å². The molecule has 0 aliphatic carbocycles. The standard InChI is InChI=1S/C10H20N2O2/c1-8(2)11-9(14)12-5-4-10(3,6-12)7-13/h8,13H,4-7H2,1-3H3,(H,11,14). The monoisotopic (exact) mass is 200 g/mol. The van der Waals surface area contributed by atoms with E-state index in [0.717, 1.165) is 13.0 Å². The lowest BCUT2D eigenvalue weighted by atomic mass is 9.91. The molecule has 14 heavy (non-hydrogen) atoms. The van der Waals surface area contributed by atoms with Crippen LogP contribution in [-0.4, -0.2) is 41.8 Å². The predicted octanol–water partition coefficient (Wildman–Crippen LogP) is 0.809. The molecule has 1 heterocycles. The van der Waals surface area contributed by atoms with E-state index in [4.69, 9.17) is 5.11 Å². The molecule has 0 spiro atoms. The molecular weight excluding hydrogens is 180 g/mol. The maximum Gasteiger partial charge on any atom is 0.317 e. The van der Waals surface area contributed by atoms with Crippen LogP contribution in [0.3, 0.4) is 0 Å². The smallest absolute Gasteiger partial charge is 0.317 e. The van der Waals surface area contributed by atoms with Crippen molar-refractivity contribution >= 4 is 6.03 Å². The van der Waals surface area contributed by atoms with Crippen LogP contribution in [-0.2, 0) is 0 Å². The van der Waals surface area contributed by atoms with Gasteiger partial charge in [-0.1, -0.05) is 6.92 Å². The molecule has 0 aromatic rings. The van der Waals surface area contributed by atoms with Gasteiger partial charge in [-0.3, -0.25) is 0 Å². The van der Waals surface area contributed by atoms with Gasteiger partial charge in [0.05, 0.1) is 6.61 Å². The van der Waals surface area contributed by atoms with Crippen LogP contribution in [0, 0.1) is 5.41 Å². The molecule has 0 saturated carbocycles.